The number of thioether (sulfide) groups is 1. The molecule has 1 fully saturated rings. The summed E-state index contributed by atoms with van der Waals surface area (Å²) in [5, 5.41) is 3.97. The lowest BCUT2D eigenvalue weighted by molar-refractivity contribution is 0.211. The molecule has 1 saturated heterocycles. The van der Waals surface area contributed by atoms with Crippen molar-refractivity contribution in [2.24, 2.45) is 10.4 Å². The van der Waals surface area contributed by atoms with E-state index in [1.54, 1.807) is 16.7 Å². The summed E-state index contributed by atoms with van der Waals surface area (Å²) in [5.74, 6) is 0. The minimum absolute atomic E-state index is 0.187. The Morgan fingerprint density at radius 2 is 1.37 bits per heavy atom. The van der Waals surface area contributed by atoms with Crippen LogP contribution in [0.15, 0.2) is 96.0 Å². The number of rotatable bonds is 3. The first-order chi connectivity index (χ1) is 14.4. The van der Waals surface area contributed by atoms with Crippen LogP contribution in [0.2, 0.25) is 0 Å². The van der Waals surface area contributed by atoms with Crippen molar-refractivity contribution in [2.45, 2.75) is 25.6 Å². The monoisotopic (exact) mass is 415 g/mol. The Labute approximate surface area is 182 Å². The Hall–Kier alpha value is -3.05. The molecular weight excluding hydrogens is 390 g/mol. The number of aliphatic imine (C=N–C) groups is 1. The molecule has 1 N–H and O–H groups in total. The topological polar surface area (TPSA) is 44.7 Å². The van der Waals surface area contributed by atoms with Crippen LogP contribution in [-0.2, 0) is 4.87 Å². The molecule has 0 saturated carbocycles. The molecule has 4 rings (SSSR count). The molecule has 1 atom stereocenters. The largest absolute Gasteiger partial charge is 0.329 e. The number of carbonyl (C=O) groups excluding carboxylic acids is 1. The summed E-state index contributed by atoms with van der Waals surface area (Å²) >= 11 is 1.58. The number of para-hydroxylation sites is 2. The SMILES string of the molecule is CC(C)(C)C1(c2ccccc2)NC(=O)N(c2ccccc2)C(=Nc2ccccc2)S1. The molecule has 0 aliphatic carbocycles. The lowest BCUT2D eigenvalue weighted by atomic mass is 9.81. The zero-order chi connectivity index (χ0) is 21.2. The Morgan fingerprint density at radius 3 is 1.93 bits per heavy atom. The van der Waals surface area contributed by atoms with Gasteiger partial charge < -0.3 is 5.32 Å². The van der Waals surface area contributed by atoms with Gasteiger partial charge in [-0.2, -0.15) is 0 Å². The van der Waals surface area contributed by atoms with E-state index < -0.39 is 4.87 Å². The van der Waals surface area contributed by atoms with Crippen molar-refractivity contribution >= 4 is 34.3 Å². The molecule has 1 unspecified atom stereocenters. The molecule has 0 spiro atoms. The number of nitrogens with zero attached hydrogens (tertiary/aromatic N) is 2. The Bertz CT molecular complexity index is 1050. The number of hydrogen-bond donors (Lipinski definition) is 1. The Balaban J connectivity index is 1.89. The summed E-state index contributed by atoms with van der Waals surface area (Å²) in [6.45, 7) is 6.43. The van der Waals surface area contributed by atoms with Gasteiger partial charge in [-0.1, -0.05) is 99.3 Å². The highest BCUT2D eigenvalue weighted by Crippen LogP contribution is 2.51. The van der Waals surface area contributed by atoms with E-state index in [9.17, 15) is 4.79 Å². The third-order valence-corrected chi connectivity index (χ3v) is 6.87. The van der Waals surface area contributed by atoms with Crippen LogP contribution in [0.5, 0.6) is 0 Å². The van der Waals surface area contributed by atoms with Crippen LogP contribution in [0, 0.1) is 5.41 Å². The van der Waals surface area contributed by atoms with E-state index in [0.29, 0.717) is 5.17 Å². The molecule has 5 heteroatoms. The molecule has 0 bridgehead atoms. The highest BCUT2D eigenvalue weighted by atomic mass is 32.2. The maximum atomic E-state index is 13.6. The van der Waals surface area contributed by atoms with Crippen molar-refractivity contribution in [3.05, 3.63) is 96.6 Å². The third kappa shape index (κ3) is 3.73. The van der Waals surface area contributed by atoms with Crippen LogP contribution >= 0.6 is 11.8 Å². The quantitative estimate of drug-likeness (QED) is 0.528. The highest BCUT2D eigenvalue weighted by Gasteiger charge is 2.52. The maximum Gasteiger partial charge on any atom is 0.329 e. The fraction of sp³-hybridized carbons (Fsp3) is 0.200. The summed E-state index contributed by atoms with van der Waals surface area (Å²) in [5.41, 5.74) is 2.37. The van der Waals surface area contributed by atoms with Crippen molar-refractivity contribution in [3.63, 3.8) is 0 Å². The molecule has 1 heterocycles. The minimum atomic E-state index is -0.662. The summed E-state index contributed by atoms with van der Waals surface area (Å²) in [6, 6.07) is 29.4. The van der Waals surface area contributed by atoms with E-state index in [2.05, 4.69) is 38.2 Å². The second kappa shape index (κ2) is 8.00. The van der Waals surface area contributed by atoms with Gasteiger partial charge in [0.15, 0.2) is 5.17 Å². The first-order valence-corrected chi connectivity index (χ1v) is 10.8. The Morgan fingerprint density at radius 1 is 0.833 bits per heavy atom. The second-order valence-electron chi connectivity index (χ2n) is 8.23. The summed E-state index contributed by atoms with van der Waals surface area (Å²) < 4.78 is 0. The Kier molecular flexibility index (Phi) is 5.39. The molecule has 4 nitrogen and oxygen atoms in total. The fourth-order valence-electron chi connectivity index (χ4n) is 3.57. The fourth-order valence-corrected chi connectivity index (χ4v) is 4.97. The van der Waals surface area contributed by atoms with E-state index in [0.717, 1.165) is 16.9 Å². The predicted molar refractivity (Wildman–Crippen MR) is 126 cm³/mol. The van der Waals surface area contributed by atoms with Crippen LogP contribution in [-0.4, -0.2) is 11.2 Å². The summed E-state index contributed by atoms with van der Waals surface area (Å²) in [6.07, 6.45) is 0. The first kappa shape index (κ1) is 20.2. The smallest absolute Gasteiger partial charge is 0.318 e. The van der Waals surface area contributed by atoms with Crippen LogP contribution in [0.1, 0.15) is 26.3 Å². The lowest BCUT2D eigenvalue weighted by Gasteiger charge is -2.49. The normalized spacial score (nSPS) is 20.8. The number of amides is 2. The zero-order valence-electron chi connectivity index (χ0n) is 17.4. The van der Waals surface area contributed by atoms with E-state index in [1.807, 2.05) is 78.9 Å². The zero-order valence-corrected chi connectivity index (χ0v) is 18.2. The van der Waals surface area contributed by atoms with Crippen LogP contribution in [0.25, 0.3) is 0 Å². The van der Waals surface area contributed by atoms with E-state index in [-0.39, 0.29) is 11.4 Å². The number of urea groups is 1. The molecular formula is C25H25N3OS. The van der Waals surface area contributed by atoms with Crippen LogP contribution in [0.4, 0.5) is 16.2 Å². The maximum absolute atomic E-state index is 13.6. The van der Waals surface area contributed by atoms with Gasteiger partial charge in [-0.05, 0) is 35.2 Å². The van der Waals surface area contributed by atoms with Gasteiger partial charge >= 0.3 is 6.03 Å². The van der Waals surface area contributed by atoms with Gasteiger partial charge in [0.1, 0.15) is 4.87 Å². The molecule has 3 aromatic carbocycles. The number of nitrogens with one attached hydrogen (secondary N) is 1. The van der Waals surface area contributed by atoms with Crippen molar-refractivity contribution in [3.8, 4) is 0 Å². The average molecular weight is 416 g/mol. The first-order valence-electron chi connectivity index (χ1n) is 9.96. The third-order valence-electron chi connectivity index (χ3n) is 5.15. The van der Waals surface area contributed by atoms with E-state index in [4.69, 9.17) is 4.99 Å². The van der Waals surface area contributed by atoms with Crippen LogP contribution in [0.3, 0.4) is 0 Å². The van der Waals surface area contributed by atoms with Gasteiger partial charge in [0.2, 0.25) is 0 Å². The standard InChI is InChI=1S/C25H25N3OS/c1-24(2,3)25(19-13-7-4-8-14-19)27-22(29)28(21-17-11-6-12-18-21)23(30-25)26-20-15-9-5-10-16-20/h4-18H,1-3H3,(H,27,29). The molecule has 0 aromatic heterocycles. The second-order valence-corrected chi connectivity index (χ2v) is 9.41. The van der Waals surface area contributed by atoms with E-state index in [1.165, 1.54) is 0 Å². The van der Waals surface area contributed by atoms with Crippen molar-refractivity contribution in [1.29, 1.82) is 0 Å². The van der Waals surface area contributed by atoms with Crippen molar-refractivity contribution in [1.82, 2.24) is 5.32 Å². The number of amidine groups is 1. The molecule has 1 aliphatic heterocycles. The van der Waals surface area contributed by atoms with E-state index >= 15 is 0 Å². The average Bonchev–Trinajstić information content (AvgIpc) is 2.74. The number of benzene rings is 3. The van der Waals surface area contributed by atoms with Gasteiger partial charge in [-0.15, -0.1) is 0 Å². The highest BCUT2D eigenvalue weighted by molar-refractivity contribution is 8.15. The van der Waals surface area contributed by atoms with Gasteiger partial charge in [0, 0.05) is 0 Å². The lowest BCUT2D eigenvalue weighted by Crippen LogP contribution is -2.62. The van der Waals surface area contributed by atoms with Crippen molar-refractivity contribution < 1.29 is 4.79 Å². The molecule has 1 aliphatic rings. The number of anilines is 1. The van der Waals surface area contributed by atoms with Crippen LogP contribution < -0.4 is 10.2 Å². The van der Waals surface area contributed by atoms with Gasteiger partial charge in [-0.3, -0.25) is 0 Å². The predicted octanol–water partition coefficient (Wildman–Crippen LogP) is 6.54. The molecule has 3 aromatic rings. The van der Waals surface area contributed by atoms with Crippen molar-refractivity contribution in [2.75, 3.05) is 4.90 Å². The molecule has 30 heavy (non-hydrogen) atoms. The van der Waals surface area contributed by atoms with Gasteiger partial charge in [0.05, 0.1) is 11.4 Å². The van der Waals surface area contributed by atoms with Gasteiger partial charge in [0.25, 0.3) is 0 Å². The number of hydrogen-bond acceptors (Lipinski definition) is 3. The summed E-state index contributed by atoms with van der Waals surface area (Å²) in [7, 11) is 0. The van der Waals surface area contributed by atoms with Gasteiger partial charge in [-0.25, -0.2) is 14.7 Å². The molecule has 0 radical (unpaired) electrons. The summed E-state index contributed by atoms with van der Waals surface area (Å²) in [4.78, 5) is 19.5. The molecule has 152 valence electrons. The molecule has 2 amide bonds. The minimum Gasteiger partial charge on any atom is -0.318 e. The number of carbonyl (C=O) groups is 1.